The van der Waals surface area contributed by atoms with E-state index in [1.165, 1.54) is 36.0 Å². The van der Waals surface area contributed by atoms with Crippen LogP contribution in [0.1, 0.15) is 34.7 Å². The number of rotatable bonds is 7. The third-order valence-electron chi connectivity index (χ3n) is 5.23. The van der Waals surface area contributed by atoms with Gasteiger partial charge in [0, 0.05) is 13.2 Å². The number of anilines is 1. The number of amides is 2. The molecule has 3 rings (SSSR count). The van der Waals surface area contributed by atoms with Gasteiger partial charge in [0.2, 0.25) is 0 Å². The number of carboxylic acid groups (broad SMARTS) is 1. The summed E-state index contributed by atoms with van der Waals surface area (Å²) in [6.45, 7) is 1.88. The average Bonchev–Trinajstić information content (AvgIpc) is 2.76. The predicted molar refractivity (Wildman–Crippen MR) is 121 cm³/mol. The molecular formula is C24H24FN3O5. The summed E-state index contributed by atoms with van der Waals surface area (Å²) in [5, 5.41) is 24.1. The van der Waals surface area contributed by atoms with Crippen molar-refractivity contribution in [1.29, 1.82) is 0 Å². The lowest BCUT2D eigenvalue weighted by Gasteiger charge is -2.19. The fourth-order valence-corrected chi connectivity index (χ4v) is 3.44. The van der Waals surface area contributed by atoms with Gasteiger partial charge in [0.15, 0.2) is 5.69 Å². The number of aromatic hydroxyl groups is 1. The molecule has 0 aliphatic heterocycles. The van der Waals surface area contributed by atoms with Gasteiger partial charge in [-0.3, -0.25) is 9.59 Å². The van der Waals surface area contributed by atoms with Gasteiger partial charge in [-0.1, -0.05) is 30.3 Å². The summed E-state index contributed by atoms with van der Waals surface area (Å²) in [4.78, 5) is 36.1. The number of aryl methyl sites for hydroxylation is 2. The molecule has 3 aromatic rings. The van der Waals surface area contributed by atoms with E-state index in [9.17, 15) is 29.0 Å². The monoisotopic (exact) mass is 453 g/mol. The highest BCUT2D eigenvalue weighted by molar-refractivity contribution is 5.91. The summed E-state index contributed by atoms with van der Waals surface area (Å²) in [6, 6.07) is 11.0. The number of hydrogen-bond acceptors (Lipinski definition) is 4. The second-order valence-corrected chi connectivity index (χ2v) is 7.73. The highest BCUT2D eigenvalue weighted by Crippen LogP contribution is 2.22. The van der Waals surface area contributed by atoms with E-state index in [0.717, 1.165) is 16.7 Å². The molecular weight excluding hydrogens is 429 g/mol. The number of carbonyl (C=O) groups is 2. The number of hydrogen-bond donors (Lipinski definition) is 4. The molecule has 1 heterocycles. The van der Waals surface area contributed by atoms with Crippen molar-refractivity contribution >= 4 is 17.7 Å². The Hall–Kier alpha value is -4.14. The van der Waals surface area contributed by atoms with Crippen LogP contribution in [-0.2, 0) is 18.3 Å². The van der Waals surface area contributed by atoms with E-state index >= 15 is 0 Å². The fraction of sp³-hybridized carbons (Fsp3) is 0.208. The van der Waals surface area contributed by atoms with Crippen LogP contribution in [0, 0.1) is 12.7 Å². The summed E-state index contributed by atoms with van der Waals surface area (Å²) in [5.41, 5.74) is 2.13. The molecule has 2 amide bonds. The topological polar surface area (TPSA) is 121 Å². The predicted octanol–water partition coefficient (Wildman–Crippen LogP) is 3.47. The third kappa shape index (κ3) is 5.97. The van der Waals surface area contributed by atoms with Crippen LogP contribution < -0.4 is 16.2 Å². The number of aromatic nitrogens is 1. The molecule has 9 heteroatoms. The maximum atomic E-state index is 13.6. The van der Waals surface area contributed by atoms with Gasteiger partial charge in [0.25, 0.3) is 5.56 Å². The van der Waals surface area contributed by atoms with E-state index in [1.54, 1.807) is 24.3 Å². The van der Waals surface area contributed by atoms with Crippen molar-refractivity contribution in [3.05, 3.63) is 93.2 Å². The molecule has 0 aliphatic carbocycles. The number of benzene rings is 2. The van der Waals surface area contributed by atoms with Gasteiger partial charge in [-0.2, -0.15) is 0 Å². The second-order valence-electron chi connectivity index (χ2n) is 7.73. The van der Waals surface area contributed by atoms with Gasteiger partial charge in [-0.25, -0.2) is 9.18 Å². The number of halogens is 1. The molecule has 0 spiro atoms. The van der Waals surface area contributed by atoms with Gasteiger partial charge in [0.05, 0.1) is 12.5 Å². The van der Waals surface area contributed by atoms with Crippen molar-refractivity contribution in [1.82, 2.24) is 9.88 Å². The van der Waals surface area contributed by atoms with Crippen LogP contribution in [0.5, 0.6) is 5.75 Å². The zero-order valence-corrected chi connectivity index (χ0v) is 18.1. The zero-order chi connectivity index (χ0) is 24.1. The molecule has 1 unspecified atom stereocenters. The van der Waals surface area contributed by atoms with Crippen molar-refractivity contribution in [2.45, 2.75) is 25.8 Å². The zero-order valence-electron chi connectivity index (χ0n) is 18.1. The highest BCUT2D eigenvalue weighted by atomic mass is 19.1. The second kappa shape index (κ2) is 9.99. The molecule has 0 saturated heterocycles. The molecule has 2 aromatic carbocycles. The molecule has 33 heavy (non-hydrogen) atoms. The van der Waals surface area contributed by atoms with Crippen LogP contribution in [0.3, 0.4) is 0 Å². The Morgan fingerprint density at radius 1 is 1.15 bits per heavy atom. The molecule has 8 nitrogen and oxygen atoms in total. The minimum Gasteiger partial charge on any atom is -0.505 e. The van der Waals surface area contributed by atoms with Gasteiger partial charge < -0.3 is 25.4 Å². The average molecular weight is 453 g/mol. The molecule has 1 aromatic heterocycles. The molecule has 172 valence electrons. The van der Waals surface area contributed by atoms with Crippen molar-refractivity contribution < 1.29 is 24.2 Å². The van der Waals surface area contributed by atoms with E-state index in [1.807, 2.05) is 13.0 Å². The Balaban J connectivity index is 1.83. The van der Waals surface area contributed by atoms with Gasteiger partial charge in [-0.15, -0.1) is 0 Å². The lowest BCUT2D eigenvalue weighted by molar-refractivity contribution is -0.137. The molecule has 0 fully saturated rings. The minimum absolute atomic E-state index is 0.318. The van der Waals surface area contributed by atoms with Crippen LogP contribution in [-0.4, -0.2) is 26.8 Å². The van der Waals surface area contributed by atoms with Crippen LogP contribution in [0.15, 0.2) is 59.5 Å². The third-order valence-corrected chi connectivity index (χ3v) is 5.23. The molecule has 0 aliphatic rings. The first-order valence-corrected chi connectivity index (χ1v) is 10.2. The maximum Gasteiger partial charge on any atom is 0.319 e. The molecule has 0 saturated carbocycles. The van der Waals surface area contributed by atoms with Crippen LogP contribution in [0.25, 0.3) is 0 Å². The number of nitrogens with one attached hydrogen (secondary N) is 2. The van der Waals surface area contributed by atoms with Gasteiger partial charge >= 0.3 is 12.0 Å². The quantitative estimate of drug-likeness (QED) is 0.437. The van der Waals surface area contributed by atoms with E-state index in [2.05, 4.69) is 10.6 Å². The molecule has 1 atom stereocenters. The first kappa shape index (κ1) is 23.5. The van der Waals surface area contributed by atoms with Crippen LogP contribution >= 0.6 is 0 Å². The molecule has 0 bridgehead atoms. The maximum absolute atomic E-state index is 13.6. The lowest BCUT2D eigenvalue weighted by Crippen LogP contribution is -2.36. The van der Waals surface area contributed by atoms with E-state index < -0.39 is 35.8 Å². The van der Waals surface area contributed by atoms with Crippen molar-refractivity contribution in [2.24, 2.45) is 7.05 Å². The number of urea groups is 1. The van der Waals surface area contributed by atoms with Crippen molar-refractivity contribution in [3.8, 4) is 5.75 Å². The lowest BCUT2D eigenvalue weighted by atomic mass is 9.96. The summed E-state index contributed by atoms with van der Waals surface area (Å²) < 4.78 is 14.8. The standard InChI is InChI=1S/C24H24FN3O5/c1-14-6-7-18(25)12-17(14)11-15-4-3-5-16(10-15)19(13-21(30)31)26-24(33)27-22-20(29)8-9-28(2)23(22)32/h3-10,12,19,29H,11,13H2,1-2H3,(H,30,31)(H2,26,27,33). The number of nitrogens with zero attached hydrogens (tertiary/aromatic N) is 1. The van der Waals surface area contributed by atoms with Crippen LogP contribution in [0.4, 0.5) is 14.9 Å². The van der Waals surface area contributed by atoms with Gasteiger partial charge in [0.1, 0.15) is 11.6 Å². The van der Waals surface area contributed by atoms with Gasteiger partial charge in [-0.05, 0) is 53.8 Å². The van der Waals surface area contributed by atoms with E-state index in [0.29, 0.717) is 12.0 Å². The normalized spacial score (nSPS) is 11.6. The Kier molecular flexibility index (Phi) is 7.12. The minimum atomic E-state index is -1.13. The van der Waals surface area contributed by atoms with Crippen molar-refractivity contribution in [3.63, 3.8) is 0 Å². The Morgan fingerprint density at radius 2 is 1.91 bits per heavy atom. The van der Waals surface area contributed by atoms with E-state index in [4.69, 9.17) is 0 Å². The smallest absolute Gasteiger partial charge is 0.319 e. The van der Waals surface area contributed by atoms with Crippen LogP contribution in [0.2, 0.25) is 0 Å². The fourth-order valence-electron chi connectivity index (χ4n) is 3.44. The SMILES string of the molecule is Cc1ccc(F)cc1Cc1cccc(C(CC(=O)O)NC(=O)Nc2c(O)ccn(C)c2=O)c1. The largest absolute Gasteiger partial charge is 0.505 e. The Morgan fingerprint density at radius 3 is 2.64 bits per heavy atom. The number of carbonyl (C=O) groups excluding carboxylic acids is 1. The summed E-state index contributed by atoms with van der Waals surface area (Å²) in [6.07, 6.45) is 1.37. The number of pyridine rings is 1. The first-order valence-electron chi connectivity index (χ1n) is 10.2. The van der Waals surface area contributed by atoms with E-state index in [-0.39, 0.29) is 11.5 Å². The Labute approximate surface area is 189 Å². The van der Waals surface area contributed by atoms with Crippen molar-refractivity contribution in [2.75, 3.05) is 5.32 Å². The Bertz CT molecular complexity index is 1260. The summed E-state index contributed by atoms with van der Waals surface area (Å²) in [7, 11) is 1.46. The highest BCUT2D eigenvalue weighted by Gasteiger charge is 2.20. The molecule has 4 N–H and O–H groups in total. The first-order chi connectivity index (χ1) is 15.6. The summed E-state index contributed by atoms with van der Waals surface area (Å²) >= 11 is 0. The molecule has 0 radical (unpaired) electrons. The number of carboxylic acids is 1. The summed E-state index contributed by atoms with van der Waals surface area (Å²) in [5.74, 6) is -1.88. The number of aliphatic carboxylic acids is 1.